The van der Waals surface area contributed by atoms with Crippen LogP contribution < -0.4 is 16.0 Å². The highest BCUT2D eigenvalue weighted by Gasteiger charge is 2.20. The topological polar surface area (TPSA) is 104 Å². The largest absolute Gasteiger partial charge is 0.394 e. The smallest absolute Gasteiger partial charge is 0.229 e. The van der Waals surface area contributed by atoms with Gasteiger partial charge in [-0.3, -0.25) is 0 Å². The summed E-state index contributed by atoms with van der Waals surface area (Å²) in [5, 5.41) is 19.5. The summed E-state index contributed by atoms with van der Waals surface area (Å²) in [7, 11) is 0. The van der Waals surface area contributed by atoms with E-state index >= 15 is 0 Å². The van der Waals surface area contributed by atoms with E-state index in [4.69, 9.17) is 4.74 Å². The number of aromatic nitrogens is 3. The fraction of sp³-hybridized carbons (Fsp3) is 0.842. The zero-order valence-electron chi connectivity index (χ0n) is 16.6. The van der Waals surface area contributed by atoms with E-state index in [0.29, 0.717) is 30.4 Å². The molecule has 27 heavy (non-hydrogen) atoms. The van der Waals surface area contributed by atoms with Crippen LogP contribution in [0.1, 0.15) is 58.8 Å². The maximum atomic E-state index is 9.48. The number of ether oxygens (including phenoxy) is 1. The molecule has 1 aromatic heterocycles. The Labute approximate surface area is 161 Å². The third kappa shape index (κ3) is 6.17. The van der Waals surface area contributed by atoms with Gasteiger partial charge in [-0.25, -0.2) is 0 Å². The van der Waals surface area contributed by atoms with Crippen molar-refractivity contribution in [2.24, 2.45) is 5.92 Å². The van der Waals surface area contributed by atoms with Crippen molar-refractivity contribution in [1.29, 1.82) is 0 Å². The van der Waals surface area contributed by atoms with Crippen molar-refractivity contribution < 1.29 is 9.84 Å². The van der Waals surface area contributed by atoms with E-state index in [1.807, 2.05) is 6.92 Å². The van der Waals surface area contributed by atoms with Crippen LogP contribution in [0.25, 0.3) is 0 Å². The van der Waals surface area contributed by atoms with Crippen LogP contribution in [0, 0.1) is 5.92 Å². The molecule has 152 valence electrons. The summed E-state index contributed by atoms with van der Waals surface area (Å²) in [5.74, 6) is 2.43. The number of aliphatic hydroxyl groups is 1. The van der Waals surface area contributed by atoms with Gasteiger partial charge in [0, 0.05) is 19.2 Å². The quantitative estimate of drug-likeness (QED) is 0.520. The summed E-state index contributed by atoms with van der Waals surface area (Å²) in [5.41, 5.74) is 0. The van der Waals surface area contributed by atoms with Crippen LogP contribution in [-0.2, 0) is 4.74 Å². The zero-order valence-corrected chi connectivity index (χ0v) is 16.6. The molecule has 3 rings (SSSR count). The fourth-order valence-electron chi connectivity index (χ4n) is 3.64. The van der Waals surface area contributed by atoms with E-state index in [1.165, 1.54) is 12.8 Å². The van der Waals surface area contributed by atoms with Crippen LogP contribution in [0.15, 0.2) is 0 Å². The molecule has 1 saturated carbocycles. The second-order valence-electron chi connectivity index (χ2n) is 7.86. The first-order chi connectivity index (χ1) is 13.2. The van der Waals surface area contributed by atoms with Gasteiger partial charge in [-0.2, -0.15) is 15.0 Å². The van der Waals surface area contributed by atoms with Gasteiger partial charge < -0.3 is 25.8 Å². The number of anilines is 3. The molecule has 0 radical (unpaired) electrons. The van der Waals surface area contributed by atoms with Crippen LogP contribution in [0.5, 0.6) is 0 Å². The summed E-state index contributed by atoms with van der Waals surface area (Å²) in [6.45, 7) is 5.91. The van der Waals surface area contributed by atoms with Gasteiger partial charge >= 0.3 is 0 Å². The Balaban J connectivity index is 1.68. The van der Waals surface area contributed by atoms with Crippen molar-refractivity contribution in [3.8, 4) is 0 Å². The number of nitrogens with zero attached hydrogens (tertiary/aromatic N) is 3. The molecule has 0 amide bonds. The minimum absolute atomic E-state index is 0.0458. The lowest BCUT2D eigenvalue weighted by Gasteiger charge is -2.27. The molecular formula is C19H34N6O2. The van der Waals surface area contributed by atoms with E-state index in [-0.39, 0.29) is 18.8 Å². The Kier molecular flexibility index (Phi) is 7.46. The van der Waals surface area contributed by atoms with Crippen molar-refractivity contribution in [2.45, 2.75) is 77.0 Å². The summed E-state index contributed by atoms with van der Waals surface area (Å²) in [4.78, 5) is 13.6. The van der Waals surface area contributed by atoms with Gasteiger partial charge in [0.15, 0.2) is 0 Å². The molecule has 0 aromatic carbocycles. The lowest BCUT2D eigenvalue weighted by molar-refractivity contribution is 0.120. The molecule has 1 saturated heterocycles. The van der Waals surface area contributed by atoms with Crippen LogP contribution in [0.4, 0.5) is 17.8 Å². The third-order valence-corrected chi connectivity index (χ3v) is 5.54. The Hall–Kier alpha value is -1.67. The standard InChI is InChI=1S/C19H34N6O2/c1-3-14(12-26)21-18-23-17(20-11-16-5-4-10-27-16)24-19(25-18)22-15-8-6-13(2)7-9-15/h13-16,26H,3-12H2,1-2H3,(H3,20,21,22,23,24,25)/t13?,14-,15?,16?/m1/s1. The number of hydrogen-bond acceptors (Lipinski definition) is 8. The highest BCUT2D eigenvalue weighted by Crippen LogP contribution is 2.25. The summed E-state index contributed by atoms with van der Waals surface area (Å²) in [6, 6.07) is 0.337. The molecule has 1 aromatic rings. The van der Waals surface area contributed by atoms with Crippen LogP contribution in [0.2, 0.25) is 0 Å². The minimum Gasteiger partial charge on any atom is -0.394 e. The van der Waals surface area contributed by atoms with Crippen molar-refractivity contribution in [2.75, 3.05) is 35.7 Å². The summed E-state index contributed by atoms with van der Waals surface area (Å²) < 4.78 is 5.67. The second kappa shape index (κ2) is 10.0. The Morgan fingerprint density at radius 3 is 2.48 bits per heavy atom. The lowest BCUT2D eigenvalue weighted by atomic mass is 9.87. The highest BCUT2D eigenvalue weighted by atomic mass is 16.5. The first kappa shape index (κ1) is 20.1. The maximum Gasteiger partial charge on any atom is 0.229 e. The lowest BCUT2D eigenvalue weighted by Crippen LogP contribution is -2.28. The SMILES string of the molecule is CC[C@H](CO)Nc1nc(NCC2CCCO2)nc(NC2CCC(C)CC2)n1. The van der Waals surface area contributed by atoms with Gasteiger partial charge in [-0.1, -0.05) is 13.8 Å². The van der Waals surface area contributed by atoms with E-state index in [0.717, 1.165) is 44.6 Å². The Bertz CT molecular complexity index is 569. The first-order valence-electron chi connectivity index (χ1n) is 10.4. The van der Waals surface area contributed by atoms with Crippen LogP contribution in [-0.4, -0.2) is 58.0 Å². The van der Waals surface area contributed by atoms with Gasteiger partial charge in [0.1, 0.15) is 0 Å². The Morgan fingerprint density at radius 2 is 1.81 bits per heavy atom. The van der Waals surface area contributed by atoms with Crippen molar-refractivity contribution in [3.63, 3.8) is 0 Å². The van der Waals surface area contributed by atoms with E-state index < -0.39 is 0 Å². The number of aliphatic hydroxyl groups excluding tert-OH is 1. The molecule has 2 heterocycles. The zero-order chi connectivity index (χ0) is 19.1. The molecule has 0 spiro atoms. The summed E-state index contributed by atoms with van der Waals surface area (Å²) in [6.07, 6.45) is 7.94. The molecule has 1 unspecified atom stereocenters. The molecule has 1 aliphatic carbocycles. The average molecular weight is 379 g/mol. The van der Waals surface area contributed by atoms with Gasteiger partial charge in [0.05, 0.1) is 18.8 Å². The van der Waals surface area contributed by atoms with Crippen LogP contribution in [0.3, 0.4) is 0 Å². The van der Waals surface area contributed by atoms with Crippen molar-refractivity contribution in [1.82, 2.24) is 15.0 Å². The predicted molar refractivity (Wildman–Crippen MR) is 107 cm³/mol. The highest BCUT2D eigenvalue weighted by molar-refractivity contribution is 5.43. The molecule has 2 atom stereocenters. The van der Waals surface area contributed by atoms with Crippen molar-refractivity contribution in [3.05, 3.63) is 0 Å². The maximum absolute atomic E-state index is 9.48. The predicted octanol–water partition coefficient (Wildman–Crippen LogP) is 2.64. The fourth-order valence-corrected chi connectivity index (χ4v) is 3.64. The molecule has 1 aliphatic heterocycles. The first-order valence-corrected chi connectivity index (χ1v) is 10.4. The Morgan fingerprint density at radius 1 is 1.07 bits per heavy atom. The van der Waals surface area contributed by atoms with E-state index in [9.17, 15) is 5.11 Å². The molecular weight excluding hydrogens is 344 g/mol. The minimum atomic E-state index is -0.0678. The van der Waals surface area contributed by atoms with E-state index in [1.54, 1.807) is 0 Å². The molecule has 8 nitrogen and oxygen atoms in total. The second-order valence-corrected chi connectivity index (χ2v) is 7.86. The van der Waals surface area contributed by atoms with Crippen molar-refractivity contribution >= 4 is 17.8 Å². The average Bonchev–Trinajstić information content (AvgIpc) is 3.20. The monoisotopic (exact) mass is 378 g/mol. The van der Waals surface area contributed by atoms with E-state index in [2.05, 4.69) is 37.8 Å². The van der Waals surface area contributed by atoms with Gasteiger partial charge in [-0.05, 0) is 50.9 Å². The van der Waals surface area contributed by atoms with Crippen LogP contribution >= 0.6 is 0 Å². The molecule has 4 N–H and O–H groups in total. The molecule has 8 heteroatoms. The molecule has 0 bridgehead atoms. The van der Waals surface area contributed by atoms with Gasteiger partial charge in [0.2, 0.25) is 17.8 Å². The van der Waals surface area contributed by atoms with Gasteiger partial charge in [0.25, 0.3) is 0 Å². The summed E-state index contributed by atoms with van der Waals surface area (Å²) >= 11 is 0. The molecule has 2 aliphatic rings. The normalized spacial score (nSPS) is 26.6. The number of hydrogen-bond donors (Lipinski definition) is 4. The molecule has 2 fully saturated rings. The third-order valence-electron chi connectivity index (χ3n) is 5.54. The van der Waals surface area contributed by atoms with Gasteiger partial charge in [-0.15, -0.1) is 0 Å². The number of nitrogens with one attached hydrogen (secondary N) is 3. The number of rotatable bonds is 9.